The molecule has 0 aliphatic rings. The number of hydrogen-bond acceptors (Lipinski definition) is 2. The summed E-state index contributed by atoms with van der Waals surface area (Å²) < 4.78 is 1.67. The molecule has 0 saturated heterocycles. The van der Waals surface area contributed by atoms with E-state index in [4.69, 9.17) is 0 Å². The number of nitrogens with zero attached hydrogens (tertiary/aromatic N) is 1. The Hall–Kier alpha value is -0.380. The average molecular weight is 162 g/mol. The summed E-state index contributed by atoms with van der Waals surface area (Å²) >= 11 is 1.44. The third kappa shape index (κ3) is 2.96. The standard InChI is InChI=1S/C6H14N2OS/c1-4-7-6(9)8(5-2)10-3/h4-5H2,1-3H3,(H,7,9). The summed E-state index contributed by atoms with van der Waals surface area (Å²) in [5, 5.41) is 2.71. The van der Waals surface area contributed by atoms with Gasteiger partial charge in [0.1, 0.15) is 0 Å². The maximum atomic E-state index is 11.0. The van der Waals surface area contributed by atoms with E-state index in [1.54, 1.807) is 4.31 Å². The quantitative estimate of drug-likeness (QED) is 0.635. The number of carbonyl (C=O) groups is 1. The number of carbonyl (C=O) groups excluding carboxylic acids is 1. The maximum absolute atomic E-state index is 11.0. The molecule has 0 aromatic rings. The second-order valence-electron chi connectivity index (χ2n) is 1.71. The fraction of sp³-hybridized carbons (Fsp3) is 0.833. The van der Waals surface area contributed by atoms with Crippen molar-refractivity contribution in [2.24, 2.45) is 0 Å². The second-order valence-corrected chi connectivity index (χ2v) is 2.52. The Morgan fingerprint density at radius 2 is 2.20 bits per heavy atom. The van der Waals surface area contributed by atoms with Gasteiger partial charge in [-0.3, -0.25) is 4.31 Å². The minimum Gasteiger partial charge on any atom is -0.338 e. The molecule has 0 radical (unpaired) electrons. The smallest absolute Gasteiger partial charge is 0.327 e. The van der Waals surface area contributed by atoms with Crippen LogP contribution in [0.25, 0.3) is 0 Å². The third-order valence-electron chi connectivity index (χ3n) is 1.06. The normalized spacial score (nSPS) is 9.10. The molecule has 0 rings (SSSR count). The van der Waals surface area contributed by atoms with E-state index in [-0.39, 0.29) is 6.03 Å². The van der Waals surface area contributed by atoms with Crippen molar-refractivity contribution in [2.75, 3.05) is 19.3 Å². The monoisotopic (exact) mass is 162 g/mol. The van der Waals surface area contributed by atoms with Crippen LogP contribution in [0.15, 0.2) is 0 Å². The Balaban J connectivity index is 3.65. The predicted octanol–water partition coefficient (Wildman–Crippen LogP) is 1.32. The molecule has 1 N–H and O–H groups in total. The summed E-state index contributed by atoms with van der Waals surface area (Å²) in [5.74, 6) is 0. The van der Waals surface area contributed by atoms with Crippen LogP contribution in [0.5, 0.6) is 0 Å². The first kappa shape index (κ1) is 9.62. The fourth-order valence-corrected chi connectivity index (χ4v) is 1.08. The first-order valence-corrected chi connectivity index (χ1v) is 4.53. The van der Waals surface area contributed by atoms with E-state index in [1.807, 2.05) is 20.1 Å². The molecule has 10 heavy (non-hydrogen) atoms. The van der Waals surface area contributed by atoms with E-state index >= 15 is 0 Å². The molecular weight excluding hydrogens is 148 g/mol. The molecule has 4 heteroatoms. The molecule has 0 aliphatic carbocycles. The topological polar surface area (TPSA) is 32.3 Å². The highest BCUT2D eigenvalue weighted by atomic mass is 32.2. The fourth-order valence-electron chi connectivity index (χ4n) is 0.595. The van der Waals surface area contributed by atoms with E-state index in [2.05, 4.69) is 5.32 Å². The lowest BCUT2D eigenvalue weighted by molar-refractivity contribution is 0.228. The number of amides is 2. The highest BCUT2D eigenvalue weighted by Crippen LogP contribution is 2.02. The predicted molar refractivity (Wildman–Crippen MR) is 45.0 cm³/mol. The first-order valence-electron chi connectivity index (χ1n) is 3.35. The molecular formula is C6H14N2OS. The minimum atomic E-state index is -0.00231. The van der Waals surface area contributed by atoms with Crippen LogP contribution in [0, 0.1) is 0 Å². The first-order chi connectivity index (χ1) is 4.76. The van der Waals surface area contributed by atoms with Crippen molar-refractivity contribution < 1.29 is 4.79 Å². The molecule has 2 amide bonds. The van der Waals surface area contributed by atoms with Gasteiger partial charge in [0.25, 0.3) is 0 Å². The van der Waals surface area contributed by atoms with Crippen LogP contribution in [0.4, 0.5) is 4.79 Å². The van der Waals surface area contributed by atoms with Gasteiger partial charge in [-0.2, -0.15) is 0 Å². The lowest BCUT2D eigenvalue weighted by Gasteiger charge is -2.16. The zero-order chi connectivity index (χ0) is 7.98. The van der Waals surface area contributed by atoms with Crippen LogP contribution in [0.3, 0.4) is 0 Å². The Bertz CT molecular complexity index is 104. The summed E-state index contributed by atoms with van der Waals surface area (Å²) in [4.78, 5) is 11.0. The lowest BCUT2D eigenvalue weighted by atomic mass is 10.7. The van der Waals surface area contributed by atoms with E-state index in [0.717, 1.165) is 6.54 Å². The number of rotatable bonds is 3. The Labute approximate surface area is 66.3 Å². The van der Waals surface area contributed by atoms with Crippen molar-refractivity contribution in [2.45, 2.75) is 13.8 Å². The summed E-state index contributed by atoms with van der Waals surface area (Å²) in [6.45, 7) is 5.29. The molecule has 0 fully saturated rings. The van der Waals surface area contributed by atoms with Gasteiger partial charge in [0.2, 0.25) is 0 Å². The molecule has 0 aliphatic heterocycles. The van der Waals surface area contributed by atoms with E-state index in [1.165, 1.54) is 11.9 Å². The number of hydrogen-bond donors (Lipinski definition) is 1. The summed E-state index contributed by atoms with van der Waals surface area (Å²) in [6.07, 6.45) is 1.89. The van der Waals surface area contributed by atoms with Gasteiger partial charge in [0.05, 0.1) is 0 Å². The van der Waals surface area contributed by atoms with Crippen LogP contribution in [0.2, 0.25) is 0 Å². The van der Waals surface area contributed by atoms with Crippen LogP contribution in [-0.2, 0) is 0 Å². The molecule has 0 atom stereocenters. The van der Waals surface area contributed by atoms with Crippen LogP contribution < -0.4 is 5.32 Å². The highest BCUT2D eigenvalue weighted by molar-refractivity contribution is 7.96. The van der Waals surface area contributed by atoms with Crippen molar-refractivity contribution in [3.8, 4) is 0 Å². The summed E-state index contributed by atoms with van der Waals surface area (Å²) in [7, 11) is 0. The van der Waals surface area contributed by atoms with Gasteiger partial charge in [0, 0.05) is 19.3 Å². The van der Waals surface area contributed by atoms with Crippen molar-refractivity contribution in [1.29, 1.82) is 0 Å². The third-order valence-corrected chi connectivity index (χ3v) is 1.93. The van der Waals surface area contributed by atoms with Crippen LogP contribution in [-0.4, -0.2) is 29.7 Å². The van der Waals surface area contributed by atoms with Crippen molar-refractivity contribution >= 4 is 18.0 Å². The van der Waals surface area contributed by atoms with Gasteiger partial charge in [-0.25, -0.2) is 4.79 Å². The minimum absolute atomic E-state index is 0.00231. The Kier molecular flexibility index (Phi) is 5.20. The van der Waals surface area contributed by atoms with E-state index in [9.17, 15) is 4.79 Å². The van der Waals surface area contributed by atoms with Crippen LogP contribution >= 0.6 is 11.9 Å². The van der Waals surface area contributed by atoms with Gasteiger partial charge in [-0.15, -0.1) is 0 Å². The van der Waals surface area contributed by atoms with E-state index in [0.29, 0.717) is 6.54 Å². The molecule has 0 spiro atoms. The maximum Gasteiger partial charge on any atom is 0.327 e. The largest absolute Gasteiger partial charge is 0.338 e. The molecule has 0 bridgehead atoms. The van der Waals surface area contributed by atoms with Gasteiger partial charge in [-0.05, 0) is 25.8 Å². The van der Waals surface area contributed by atoms with Crippen molar-refractivity contribution in [3.05, 3.63) is 0 Å². The zero-order valence-electron chi connectivity index (χ0n) is 6.68. The highest BCUT2D eigenvalue weighted by Gasteiger charge is 2.06. The van der Waals surface area contributed by atoms with Gasteiger partial charge in [0.15, 0.2) is 0 Å². The molecule has 3 nitrogen and oxygen atoms in total. The van der Waals surface area contributed by atoms with Gasteiger partial charge in [-0.1, -0.05) is 0 Å². The lowest BCUT2D eigenvalue weighted by Crippen LogP contribution is -2.34. The number of urea groups is 1. The molecule has 0 heterocycles. The SMILES string of the molecule is CCNC(=O)N(CC)SC. The Morgan fingerprint density at radius 1 is 1.60 bits per heavy atom. The summed E-state index contributed by atoms with van der Waals surface area (Å²) in [6, 6.07) is -0.00231. The average Bonchev–Trinajstić information content (AvgIpc) is 1.91. The van der Waals surface area contributed by atoms with E-state index < -0.39 is 0 Å². The zero-order valence-corrected chi connectivity index (χ0v) is 7.49. The molecule has 0 unspecified atom stereocenters. The van der Waals surface area contributed by atoms with Crippen LogP contribution in [0.1, 0.15) is 13.8 Å². The second kappa shape index (κ2) is 5.41. The molecule has 0 aromatic carbocycles. The number of nitrogens with one attached hydrogen (secondary N) is 1. The molecule has 60 valence electrons. The van der Waals surface area contributed by atoms with Gasteiger partial charge < -0.3 is 5.32 Å². The van der Waals surface area contributed by atoms with Crippen molar-refractivity contribution in [1.82, 2.24) is 9.62 Å². The molecule has 0 aromatic heterocycles. The van der Waals surface area contributed by atoms with Gasteiger partial charge >= 0.3 is 6.03 Å². The Morgan fingerprint density at radius 3 is 2.50 bits per heavy atom. The molecule has 0 saturated carbocycles. The van der Waals surface area contributed by atoms with Crippen molar-refractivity contribution in [3.63, 3.8) is 0 Å². The summed E-state index contributed by atoms with van der Waals surface area (Å²) in [5.41, 5.74) is 0.